The van der Waals surface area contributed by atoms with Crippen LogP contribution in [0.1, 0.15) is 0 Å². The maximum absolute atomic E-state index is 2.70. The van der Waals surface area contributed by atoms with Gasteiger partial charge in [0.1, 0.15) is 0 Å². The molecule has 0 unspecified atom stereocenters. The van der Waals surface area contributed by atoms with Crippen LogP contribution in [0.25, 0.3) is 81.0 Å². The molecule has 3 aromatic heterocycles. The molecule has 0 N–H and O–H groups in total. The van der Waals surface area contributed by atoms with E-state index in [1.165, 1.54) is 91.9 Å². The fraction of sp³-hybridized carbons (Fsp3) is 0. The topological polar surface area (TPSA) is 9.86 Å². The number of nitrogens with zero attached hydrogens (tertiary/aromatic N) is 2. The Morgan fingerprint density at radius 3 is 2.21 bits per heavy atom. The minimum Gasteiger partial charge on any atom is -0.374 e. The fourth-order valence-electron chi connectivity index (χ4n) is 8.10. The molecular weight excluding hydrogens is 527 g/mol. The second kappa shape index (κ2) is 7.41. The first-order chi connectivity index (χ1) is 20.9. The Balaban J connectivity index is 1.42. The molecule has 2 aliphatic rings. The van der Waals surface area contributed by atoms with Gasteiger partial charge in [-0.1, -0.05) is 103 Å². The Morgan fingerprint density at radius 2 is 1.29 bits per heavy atom. The van der Waals surface area contributed by atoms with Crippen molar-refractivity contribution in [2.45, 2.75) is 0 Å². The molecule has 5 heterocycles. The van der Waals surface area contributed by atoms with Crippen LogP contribution in [0.15, 0.2) is 127 Å². The SMILES string of the molecule is c1ccc(-c2cc3c4c(c2)-n2c5ccccc5c5cccc(c52)B4n2c4c-3cccc4c3sc4ccccc4c32)cc1. The van der Waals surface area contributed by atoms with Crippen LogP contribution in [-0.2, 0) is 0 Å². The van der Waals surface area contributed by atoms with Crippen molar-refractivity contribution in [3.05, 3.63) is 127 Å². The molecule has 4 heteroatoms. The predicted molar refractivity (Wildman–Crippen MR) is 180 cm³/mol. The van der Waals surface area contributed by atoms with Gasteiger partial charge in [0.05, 0.1) is 21.3 Å². The predicted octanol–water partition coefficient (Wildman–Crippen LogP) is 8.72. The van der Waals surface area contributed by atoms with Gasteiger partial charge in [0, 0.05) is 43.0 Å². The van der Waals surface area contributed by atoms with E-state index in [0.717, 1.165) is 0 Å². The molecule has 0 aliphatic carbocycles. The molecule has 0 bridgehead atoms. The van der Waals surface area contributed by atoms with Gasteiger partial charge in [0.15, 0.2) is 0 Å². The molecule has 0 amide bonds. The maximum atomic E-state index is 2.70. The molecule has 0 atom stereocenters. The minimum atomic E-state index is 0.0910. The molecule has 2 nitrogen and oxygen atoms in total. The van der Waals surface area contributed by atoms with Crippen LogP contribution in [0, 0.1) is 0 Å². The van der Waals surface area contributed by atoms with Crippen molar-refractivity contribution in [2.75, 3.05) is 0 Å². The van der Waals surface area contributed by atoms with E-state index >= 15 is 0 Å². The first-order valence-corrected chi connectivity index (χ1v) is 15.4. The zero-order chi connectivity index (χ0) is 27.1. The number of rotatable bonds is 1. The molecule has 0 saturated heterocycles. The summed E-state index contributed by atoms with van der Waals surface area (Å²) in [6, 6.07) is 47.5. The Labute approximate surface area is 245 Å². The number of thiophene rings is 1. The largest absolute Gasteiger partial charge is 0.374 e. The van der Waals surface area contributed by atoms with E-state index in [1.807, 2.05) is 11.3 Å². The van der Waals surface area contributed by atoms with Gasteiger partial charge < -0.3 is 9.05 Å². The van der Waals surface area contributed by atoms with Gasteiger partial charge in [-0.15, -0.1) is 11.3 Å². The van der Waals surface area contributed by atoms with Crippen molar-refractivity contribution >= 4 is 82.1 Å². The van der Waals surface area contributed by atoms with Crippen molar-refractivity contribution < 1.29 is 0 Å². The third-order valence-corrected chi connectivity index (χ3v) is 10.9. The minimum absolute atomic E-state index is 0.0910. The third-order valence-electron chi connectivity index (χ3n) is 9.68. The lowest BCUT2D eigenvalue weighted by molar-refractivity contribution is 1.18. The van der Waals surface area contributed by atoms with Crippen LogP contribution in [0.3, 0.4) is 0 Å². The van der Waals surface area contributed by atoms with Crippen LogP contribution < -0.4 is 10.9 Å². The molecule has 9 aromatic rings. The summed E-state index contributed by atoms with van der Waals surface area (Å²) in [6.07, 6.45) is 0. The molecule has 2 aliphatic heterocycles. The highest BCUT2D eigenvalue weighted by atomic mass is 32.1. The van der Waals surface area contributed by atoms with E-state index in [2.05, 4.69) is 136 Å². The second-order valence-electron chi connectivity index (χ2n) is 11.7. The molecular formula is C38H21BN2S. The van der Waals surface area contributed by atoms with E-state index in [-0.39, 0.29) is 6.85 Å². The molecule has 0 radical (unpaired) electrons. The quantitative estimate of drug-likeness (QED) is 0.182. The standard InChI is InChI=1S/C38H21BN2S/c1-2-10-22(11-3-1)23-20-29-26-14-8-16-28-35(26)41(37-27-13-5-7-19-33(27)42-38(28)37)39-30-17-9-15-25-24-12-4-6-18-31(24)40(36(25)30)32(21-23)34(29)39/h1-21H. The average Bonchev–Trinajstić information content (AvgIpc) is 3.70. The number of aromatic nitrogens is 2. The highest BCUT2D eigenvalue weighted by molar-refractivity contribution is 7.27. The summed E-state index contributed by atoms with van der Waals surface area (Å²) < 4.78 is 8.00. The summed E-state index contributed by atoms with van der Waals surface area (Å²) in [5.41, 5.74) is 14.6. The summed E-state index contributed by atoms with van der Waals surface area (Å²) >= 11 is 1.93. The monoisotopic (exact) mass is 548 g/mol. The second-order valence-corrected chi connectivity index (χ2v) is 12.7. The lowest BCUT2D eigenvalue weighted by Gasteiger charge is -2.34. The van der Waals surface area contributed by atoms with Crippen LogP contribution >= 0.6 is 11.3 Å². The van der Waals surface area contributed by atoms with Gasteiger partial charge in [0.25, 0.3) is 0 Å². The number of hydrogen-bond acceptors (Lipinski definition) is 1. The van der Waals surface area contributed by atoms with Crippen LogP contribution in [0.2, 0.25) is 0 Å². The number of fused-ring (bicyclic) bond motifs is 12. The summed E-state index contributed by atoms with van der Waals surface area (Å²) in [7, 11) is 0. The lowest BCUT2D eigenvalue weighted by atomic mass is 9.45. The third kappa shape index (κ3) is 2.42. The summed E-state index contributed by atoms with van der Waals surface area (Å²) in [5.74, 6) is 0. The molecule has 42 heavy (non-hydrogen) atoms. The van der Waals surface area contributed by atoms with Crippen molar-refractivity contribution in [1.82, 2.24) is 9.05 Å². The Morgan fingerprint density at radius 1 is 0.524 bits per heavy atom. The van der Waals surface area contributed by atoms with Gasteiger partial charge >= 0.3 is 6.85 Å². The lowest BCUT2D eigenvalue weighted by Crippen LogP contribution is -2.55. The molecule has 0 saturated carbocycles. The van der Waals surface area contributed by atoms with E-state index < -0.39 is 0 Å². The van der Waals surface area contributed by atoms with Gasteiger partial charge in [-0.3, -0.25) is 0 Å². The van der Waals surface area contributed by atoms with Crippen LogP contribution in [-0.4, -0.2) is 15.9 Å². The van der Waals surface area contributed by atoms with Crippen molar-refractivity contribution in [2.24, 2.45) is 0 Å². The maximum Gasteiger partial charge on any atom is 0.333 e. The van der Waals surface area contributed by atoms with E-state index in [0.29, 0.717) is 0 Å². The molecule has 192 valence electrons. The molecule has 11 rings (SSSR count). The van der Waals surface area contributed by atoms with Gasteiger partial charge in [-0.2, -0.15) is 0 Å². The van der Waals surface area contributed by atoms with Crippen molar-refractivity contribution in [3.63, 3.8) is 0 Å². The van der Waals surface area contributed by atoms with Crippen molar-refractivity contribution in [1.29, 1.82) is 0 Å². The molecule has 0 fully saturated rings. The number of hydrogen-bond donors (Lipinski definition) is 0. The van der Waals surface area contributed by atoms with Gasteiger partial charge in [-0.05, 0) is 51.9 Å². The smallest absolute Gasteiger partial charge is 0.333 e. The van der Waals surface area contributed by atoms with Gasteiger partial charge in [-0.25, -0.2) is 0 Å². The summed E-state index contributed by atoms with van der Waals surface area (Å²) in [5, 5.41) is 5.35. The first-order valence-electron chi connectivity index (χ1n) is 14.6. The average molecular weight is 548 g/mol. The van der Waals surface area contributed by atoms with Crippen LogP contribution in [0.5, 0.6) is 0 Å². The zero-order valence-electron chi connectivity index (χ0n) is 22.5. The number of benzene rings is 6. The Bertz CT molecular complexity index is 2640. The summed E-state index contributed by atoms with van der Waals surface area (Å²) in [6.45, 7) is 0.0910. The van der Waals surface area contributed by atoms with E-state index in [1.54, 1.807) is 0 Å². The summed E-state index contributed by atoms with van der Waals surface area (Å²) in [4.78, 5) is 0. The van der Waals surface area contributed by atoms with Crippen molar-refractivity contribution in [3.8, 4) is 27.9 Å². The van der Waals surface area contributed by atoms with Crippen LogP contribution in [0.4, 0.5) is 0 Å². The molecule has 0 spiro atoms. The fourth-order valence-corrected chi connectivity index (χ4v) is 9.32. The van der Waals surface area contributed by atoms with Gasteiger partial charge in [0.2, 0.25) is 0 Å². The highest BCUT2D eigenvalue weighted by Crippen LogP contribution is 2.47. The molecule has 6 aromatic carbocycles. The van der Waals surface area contributed by atoms with E-state index in [4.69, 9.17) is 0 Å². The first kappa shape index (κ1) is 21.7. The van der Waals surface area contributed by atoms with E-state index in [9.17, 15) is 0 Å². The number of para-hydroxylation sites is 3. The normalized spacial score (nSPS) is 13.2. The highest BCUT2D eigenvalue weighted by Gasteiger charge is 2.42. The zero-order valence-corrected chi connectivity index (χ0v) is 23.3. The Kier molecular flexibility index (Phi) is 3.82. The Hall–Kier alpha value is -5.06.